The number of benzene rings is 1. The minimum absolute atomic E-state index is 0.184. The van der Waals surface area contributed by atoms with Gasteiger partial charge in [0, 0.05) is 6.07 Å². The summed E-state index contributed by atoms with van der Waals surface area (Å²) in [5.74, 6) is -2.16. The molecular formula is C12H11F2N3O3. The molecule has 0 saturated carbocycles. The SMILES string of the molecule is CCNCc1ncc(-c2c(F)ccc([N+](=O)[O-])c2F)o1. The third kappa shape index (κ3) is 2.64. The van der Waals surface area contributed by atoms with Gasteiger partial charge in [-0.25, -0.2) is 9.37 Å². The molecule has 1 heterocycles. The largest absolute Gasteiger partial charge is 0.439 e. The lowest BCUT2D eigenvalue weighted by Gasteiger charge is -2.02. The Hall–Kier alpha value is -2.35. The van der Waals surface area contributed by atoms with Gasteiger partial charge in [-0.05, 0) is 12.6 Å². The fourth-order valence-electron chi connectivity index (χ4n) is 1.65. The van der Waals surface area contributed by atoms with Gasteiger partial charge in [0.05, 0.1) is 23.2 Å². The molecule has 1 aromatic carbocycles. The molecule has 0 atom stereocenters. The van der Waals surface area contributed by atoms with Gasteiger partial charge in [-0.1, -0.05) is 6.92 Å². The van der Waals surface area contributed by atoms with Gasteiger partial charge in [0.15, 0.2) is 5.76 Å². The van der Waals surface area contributed by atoms with Crippen LogP contribution in [0.15, 0.2) is 22.7 Å². The van der Waals surface area contributed by atoms with Crippen molar-refractivity contribution in [2.45, 2.75) is 13.5 Å². The van der Waals surface area contributed by atoms with Crippen LogP contribution in [0.25, 0.3) is 11.3 Å². The van der Waals surface area contributed by atoms with E-state index in [1.54, 1.807) is 0 Å². The van der Waals surface area contributed by atoms with E-state index >= 15 is 0 Å². The number of rotatable bonds is 5. The Kier molecular flexibility index (Phi) is 4.04. The number of oxazole rings is 1. The van der Waals surface area contributed by atoms with Crippen LogP contribution in [-0.2, 0) is 6.54 Å². The quantitative estimate of drug-likeness (QED) is 0.674. The average molecular weight is 283 g/mol. The van der Waals surface area contributed by atoms with E-state index in [1.807, 2.05) is 6.92 Å². The number of nitrogens with one attached hydrogen (secondary N) is 1. The van der Waals surface area contributed by atoms with Gasteiger partial charge in [-0.3, -0.25) is 10.1 Å². The van der Waals surface area contributed by atoms with Crippen LogP contribution in [0.1, 0.15) is 12.8 Å². The first-order valence-electron chi connectivity index (χ1n) is 5.82. The molecule has 0 unspecified atom stereocenters. The van der Waals surface area contributed by atoms with Gasteiger partial charge in [-0.2, -0.15) is 4.39 Å². The van der Waals surface area contributed by atoms with Crippen molar-refractivity contribution in [2.24, 2.45) is 0 Å². The Morgan fingerprint density at radius 2 is 2.20 bits per heavy atom. The molecule has 2 rings (SSSR count). The van der Waals surface area contributed by atoms with E-state index in [4.69, 9.17) is 4.42 Å². The number of halogens is 2. The summed E-state index contributed by atoms with van der Waals surface area (Å²) >= 11 is 0. The Morgan fingerprint density at radius 3 is 2.85 bits per heavy atom. The summed E-state index contributed by atoms with van der Waals surface area (Å²) in [6.45, 7) is 2.86. The van der Waals surface area contributed by atoms with Crippen molar-refractivity contribution in [3.05, 3.63) is 46.0 Å². The summed E-state index contributed by atoms with van der Waals surface area (Å²) in [5.41, 5.74) is -1.40. The van der Waals surface area contributed by atoms with Crippen LogP contribution in [0.2, 0.25) is 0 Å². The van der Waals surface area contributed by atoms with E-state index in [0.29, 0.717) is 13.1 Å². The highest BCUT2D eigenvalue weighted by Crippen LogP contribution is 2.31. The van der Waals surface area contributed by atoms with Crippen molar-refractivity contribution < 1.29 is 18.1 Å². The first-order chi connectivity index (χ1) is 9.54. The van der Waals surface area contributed by atoms with Crippen LogP contribution in [-0.4, -0.2) is 16.5 Å². The molecule has 0 aliphatic rings. The summed E-state index contributed by atoms with van der Waals surface area (Å²) in [6, 6.07) is 1.59. The third-order valence-corrected chi connectivity index (χ3v) is 2.59. The first kappa shape index (κ1) is 14.1. The van der Waals surface area contributed by atoms with Crippen LogP contribution in [0.3, 0.4) is 0 Å². The van der Waals surface area contributed by atoms with Crippen LogP contribution < -0.4 is 5.32 Å². The normalized spacial score (nSPS) is 10.8. The molecule has 6 nitrogen and oxygen atoms in total. The molecule has 0 amide bonds. The van der Waals surface area contributed by atoms with Gasteiger partial charge < -0.3 is 9.73 Å². The van der Waals surface area contributed by atoms with Crippen LogP contribution in [0.4, 0.5) is 14.5 Å². The summed E-state index contributed by atoms with van der Waals surface area (Å²) in [5, 5.41) is 13.6. The maximum atomic E-state index is 13.9. The number of nitrogens with zero attached hydrogens (tertiary/aromatic N) is 2. The molecule has 0 aliphatic carbocycles. The summed E-state index contributed by atoms with van der Waals surface area (Å²) < 4.78 is 32.8. The van der Waals surface area contributed by atoms with Crippen molar-refractivity contribution in [1.29, 1.82) is 0 Å². The van der Waals surface area contributed by atoms with Crippen molar-refractivity contribution in [3.8, 4) is 11.3 Å². The minimum atomic E-state index is -1.28. The Morgan fingerprint density at radius 1 is 1.45 bits per heavy atom. The summed E-state index contributed by atoms with van der Waals surface area (Å²) in [6.07, 6.45) is 1.14. The standard InChI is InChI=1S/C12H11F2N3O3/c1-2-15-6-10-16-5-9(20-10)11-7(13)3-4-8(12(11)14)17(18)19/h3-5,15H,2,6H2,1H3. The van der Waals surface area contributed by atoms with Gasteiger partial charge in [0.1, 0.15) is 5.82 Å². The fourth-order valence-corrected chi connectivity index (χ4v) is 1.65. The van der Waals surface area contributed by atoms with Gasteiger partial charge >= 0.3 is 5.69 Å². The van der Waals surface area contributed by atoms with Gasteiger partial charge in [0.2, 0.25) is 11.7 Å². The molecule has 8 heteroatoms. The predicted octanol–water partition coefficient (Wildman–Crippen LogP) is 2.64. The van der Waals surface area contributed by atoms with E-state index in [0.717, 1.165) is 18.3 Å². The molecular weight excluding hydrogens is 272 g/mol. The second kappa shape index (κ2) is 5.74. The molecule has 1 N–H and O–H groups in total. The second-order valence-corrected chi connectivity index (χ2v) is 3.91. The molecule has 0 saturated heterocycles. The van der Waals surface area contributed by atoms with E-state index in [2.05, 4.69) is 10.3 Å². The Bertz CT molecular complexity index is 643. The van der Waals surface area contributed by atoms with Gasteiger partial charge in [-0.15, -0.1) is 0 Å². The molecule has 0 spiro atoms. The predicted molar refractivity (Wildman–Crippen MR) is 65.9 cm³/mol. The lowest BCUT2D eigenvalue weighted by atomic mass is 10.1. The maximum Gasteiger partial charge on any atom is 0.305 e. The lowest BCUT2D eigenvalue weighted by Crippen LogP contribution is -2.11. The maximum absolute atomic E-state index is 13.9. The smallest absolute Gasteiger partial charge is 0.305 e. The highest BCUT2D eigenvalue weighted by atomic mass is 19.1. The van der Waals surface area contributed by atoms with Crippen LogP contribution in [0.5, 0.6) is 0 Å². The molecule has 106 valence electrons. The van der Waals surface area contributed by atoms with Crippen molar-refractivity contribution in [3.63, 3.8) is 0 Å². The van der Waals surface area contributed by atoms with E-state index in [-0.39, 0.29) is 11.7 Å². The molecule has 0 radical (unpaired) electrons. The van der Waals surface area contributed by atoms with Crippen molar-refractivity contribution >= 4 is 5.69 Å². The molecule has 0 aliphatic heterocycles. The second-order valence-electron chi connectivity index (χ2n) is 3.91. The highest BCUT2D eigenvalue weighted by molar-refractivity contribution is 5.62. The molecule has 1 aromatic heterocycles. The average Bonchev–Trinajstić information content (AvgIpc) is 2.84. The Balaban J connectivity index is 2.44. The van der Waals surface area contributed by atoms with E-state index in [1.165, 1.54) is 0 Å². The third-order valence-electron chi connectivity index (χ3n) is 2.59. The topological polar surface area (TPSA) is 81.2 Å². The molecule has 20 heavy (non-hydrogen) atoms. The first-order valence-corrected chi connectivity index (χ1v) is 5.82. The van der Waals surface area contributed by atoms with Gasteiger partial charge in [0.25, 0.3) is 0 Å². The summed E-state index contributed by atoms with van der Waals surface area (Å²) in [4.78, 5) is 13.6. The molecule has 0 fully saturated rings. The zero-order valence-electron chi connectivity index (χ0n) is 10.5. The Labute approximate surface area is 112 Å². The zero-order chi connectivity index (χ0) is 14.7. The molecule has 2 aromatic rings. The number of hydrogen-bond acceptors (Lipinski definition) is 5. The van der Waals surface area contributed by atoms with Crippen LogP contribution in [0, 0.1) is 21.7 Å². The monoisotopic (exact) mass is 283 g/mol. The fraction of sp³-hybridized carbons (Fsp3) is 0.250. The summed E-state index contributed by atoms with van der Waals surface area (Å²) in [7, 11) is 0. The van der Waals surface area contributed by atoms with Crippen molar-refractivity contribution in [2.75, 3.05) is 6.54 Å². The number of hydrogen-bond donors (Lipinski definition) is 1. The number of aromatic nitrogens is 1. The van der Waals surface area contributed by atoms with E-state index < -0.39 is 27.8 Å². The lowest BCUT2D eigenvalue weighted by molar-refractivity contribution is -0.387. The van der Waals surface area contributed by atoms with Crippen LogP contribution >= 0.6 is 0 Å². The minimum Gasteiger partial charge on any atom is -0.439 e. The van der Waals surface area contributed by atoms with Crippen molar-refractivity contribution in [1.82, 2.24) is 10.3 Å². The molecule has 0 bridgehead atoms. The number of nitro benzene ring substituents is 1. The van der Waals surface area contributed by atoms with E-state index in [9.17, 15) is 18.9 Å². The highest BCUT2D eigenvalue weighted by Gasteiger charge is 2.24. The number of nitro groups is 1. The zero-order valence-corrected chi connectivity index (χ0v) is 10.5.